The molecule has 2 nitrogen and oxygen atoms in total. The van der Waals surface area contributed by atoms with Crippen LogP contribution in [0, 0.1) is 5.41 Å². The smallest absolute Gasteiger partial charge is 0.338 e. The zero-order valence-corrected chi connectivity index (χ0v) is 8.89. The maximum atomic E-state index is 10.8. The monoisotopic (exact) mass is 182 g/mol. The van der Waals surface area contributed by atoms with Gasteiger partial charge in [-0.2, -0.15) is 0 Å². The number of hydrogen-bond donors (Lipinski definition) is 0. The van der Waals surface area contributed by atoms with E-state index in [1.165, 1.54) is 6.08 Å². The first-order valence-corrected chi connectivity index (χ1v) is 4.53. The van der Waals surface area contributed by atoms with Gasteiger partial charge >= 0.3 is 5.97 Å². The van der Waals surface area contributed by atoms with Crippen molar-refractivity contribution in [1.82, 2.24) is 0 Å². The summed E-state index contributed by atoms with van der Waals surface area (Å²) in [4.78, 5) is 10.8. The molecule has 0 fully saturated rings. The van der Waals surface area contributed by atoms with Gasteiger partial charge in [0.2, 0.25) is 0 Å². The highest BCUT2D eigenvalue weighted by Gasteiger charge is 2.05. The Morgan fingerprint density at radius 1 is 1.46 bits per heavy atom. The summed E-state index contributed by atoms with van der Waals surface area (Å²) < 4.78 is 4.70. The standard InChI is InChI=1S/C11H18O2/c1-5-13-10(12)8-6-7-9-11(2,3)4/h7-8H,5,9H2,1-4H3. The van der Waals surface area contributed by atoms with Crippen LogP contribution in [0.4, 0.5) is 0 Å². The molecule has 0 aliphatic carbocycles. The molecule has 0 heterocycles. The molecular formula is C11H18O2. The molecule has 0 atom stereocenters. The molecule has 0 radical (unpaired) electrons. The molecule has 0 spiro atoms. The Bertz CT molecular complexity index is 215. The molecule has 0 rings (SSSR count). The zero-order chi connectivity index (χ0) is 10.3. The lowest BCUT2D eigenvalue weighted by Gasteiger charge is -2.13. The summed E-state index contributed by atoms with van der Waals surface area (Å²) in [5.74, 6) is -0.326. The van der Waals surface area contributed by atoms with Crippen molar-refractivity contribution in [3.8, 4) is 0 Å². The van der Waals surface area contributed by atoms with E-state index < -0.39 is 0 Å². The summed E-state index contributed by atoms with van der Waals surface area (Å²) >= 11 is 0. The summed E-state index contributed by atoms with van der Waals surface area (Å²) in [5.41, 5.74) is 3.05. The Hall–Kier alpha value is -1.01. The van der Waals surface area contributed by atoms with Crippen LogP contribution in [-0.2, 0) is 9.53 Å². The fourth-order valence-electron chi connectivity index (χ4n) is 0.676. The van der Waals surface area contributed by atoms with Crippen LogP contribution in [0.15, 0.2) is 17.9 Å². The molecule has 2 heteroatoms. The van der Waals surface area contributed by atoms with E-state index in [1.54, 1.807) is 6.92 Å². The maximum absolute atomic E-state index is 10.8. The van der Waals surface area contributed by atoms with Gasteiger partial charge in [0.1, 0.15) is 0 Å². The van der Waals surface area contributed by atoms with Gasteiger partial charge in [-0.3, -0.25) is 0 Å². The number of esters is 1. The lowest BCUT2D eigenvalue weighted by molar-refractivity contribution is -0.137. The van der Waals surface area contributed by atoms with Gasteiger partial charge in [-0.1, -0.05) is 20.8 Å². The molecule has 74 valence electrons. The average Bonchev–Trinajstić information content (AvgIpc) is 1.97. The molecule has 0 aliphatic rings. The molecule has 0 saturated heterocycles. The Morgan fingerprint density at radius 3 is 2.54 bits per heavy atom. The van der Waals surface area contributed by atoms with Crippen molar-refractivity contribution in [1.29, 1.82) is 0 Å². The van der Waals surface area contributed by atoms with Gasteiger partial charge in [0.15, 0.2) is 0 Å². The summed E-state index contributed by atoms with van der Waals surface area (Å²) in [7, 11) is 0. The van der Waals surface area contributed by atoms with E-state index in [0.29, 0.717) is 6.61 Å². The largest absolute Gasteiger partial charge is 0.462 e. The summed E-state index contributed by atoms with van der Waals surface area (Å²) in [6.45, 7) is 8.60. The minimum Gasteiger partial charge on any atom is -0.462 e. The van der Waals surface area contributed by atoms with Crippen LogP contribution >= 0.6 is 0 Å². The second-order valence-corrected chi connectivity index (χ2v) is 4.03. The first kappa shape index (κ1) is 12.0. The number of ether oxygens (including phenoxy) is 1. The molecule has 0 N–H and O–H groups in total. The molecule has 0 aromatic rings. The topological polar surface area (TPSA) is 26.3 Å². The molecule has 0 bridgehead atoms. The van der Waals surface area contributed by atoms with E-state index >= 15 is 0 Å². The number of carbonyl (C=O) groups excluding carboxylic acids is 1. The van der Waals surface area contributed by atoms with Crippen LogP contribution < -0.4 is 0 Å². The average molecular weight is 182 g/mol. The van der Waals surface area contributed by atoms with Gasteiger partial charge in [-0.05, 0) is 24.8 Å². The fraction of sp³-hybridized carbons (Fsp3) is 0.636. The van der Waals surface area contributed by atoms with E-state index in [4.69, 9.17) is 4.74 Å². The van der Waals surface area contributed by atoms with Gasteiger partial charge in [0.05, 0.1) is 12.7 Å². The maximum Gasteiger partial charge on any atom is 0.338 e. The highest BCUT2D eigenvalue weighted by Crippen LogP contribution is 2.18. The van der Waals surface area contributed by atoms with Gasteiger partial charge in [0.25, 0.3) is 0 Å². The van der Waals surface area contributed by atoms with Crippen LogP contribution in [0.1, 0.15) is 34.1 Å². The third-order valence-electron chi connectivity index (χ3n) is 1.32. The van der Waals surface area contributed by atoms with Crippen LogP contribution in [0.2, 0.25) is 0 Å². The van der Waals surface area contributed by atoms with Crippen molar-refractivity contribution in [3.63, 3.8) is 0 Å². The predicted octanol–water partition coefficient (Wildman–Crippen LogP) is 2.70. The summed E-state index contributed by atoms with van der Waals surface area (Å²) in [5, 5.41) is 0. The highest BCUT2D eigenvalue weighted by atomic mass is 16.5. The van der Waals surface area contributed by atoms with E-state index in [2.05, 4.69) is 26.5 Å². The number of rotatable bonds is 3. The molecule has 0 saturated carbocycles. The van der Waals surface area contributed by atoms with Crippen molar-refractivity contribution >= 4 is 5.97 Å². The predicted molar refractivity (Wildman–Crippen MR) is 53.4 cm³/mol. The second kappa shape index (κ2) is 5.60. The summed E-state index contributed by atoms with van der Waals surface area (Å²) in [6, 6.07) is 0. The van der Waals surface area contributed by atoms with Crippen LogP contribution in [-0.4, -0.2) is 12.6 Å². The van der Waals surface area contributed by atoms with Crippen LogP contribution in [0.3, 0.4) is 0 Å². The molecule has 0 aliphatic heterocycles. The molecule has 13 heavy (non-hydrogen) atoms. The Balaban J connectivity index is 3.90. The van der Waals surface area contributed by atoms with Crippen LogP contribution in [0.5, 0.6) is 0 Å². The van der Waals surface area contributed by atoms with E-state index in [1.807, 2.05) is 6.08 Å². The SMILES string of the molecule is CCOC(=O)C=C=CCC(C)(C)C. The van der Waals surface area contributed by atoms with Gasteiger partial charge in [-0.15, -0.1) is 5.73 Å². The molecule has 0 unspecified atom stereocenters. The minimum atomic E-state index is -0.326. The zero-order valence-electron chi connectivity index (χ0n) is 8.89. The van der Waals surface area contributed by atoms with Crippen molar-refractivity contribution < 1.29 is 9.53 Å². The van der Waals surface area contributed by atoms with Gasteiger partial charge in [-0.25, -0.2) is 4.79 Å². The van der Waals surface area contributed by atoms with E-state index in [0.717, 1.165) is 6.42 Å². The lowest BCUT2D eigenvalue weighted by Crippen LogP contribution is -2.01. The number of hydrogen-bond acceptors (Lipinski definition) is 2. The Morgan fingerprint density at radius 2 is 2.08 bits per heavy atom. The van der Waals surface area contributed by atoms with Crippen molar-refractivity contribution in [2.45, 2.75) is 34.1 Å². The Kier molecular flexibility index (Phi) is 5.17. The van der Waals surface area contributed by atoms with Gasteiger partial charge < -0.3 is 4.74 Å². The van der Waals surface area contributed by atoms with Crippen molar-refractivity contribution in [3.05, 3.63) is 17.9 Å². The normalized spacial score (nSPS) is 10.2. The lowest BCUT2D eigenvalue weighted by atomic mass is 9.92. The third-order valence-corrected chi connectivity index (χ3v) is 1.32. The first-order valence-electron chi connectivity index (χ1n) is 4.53. The van der Waals surface area contributed by atoms with Crippen molar-refractivity contribution in [2.24, 2.45) is 5.41 Å². The third kappa shape index (κ3) is 8.90. The molecule has 0 amide bonds. The van der Waals surface area contributed by atoms with E-state index in [-0.39, 0.29) is 11.4 Å². The fourth-order valence-corrected chi connectivity index (χ4v) is 0.676. The van der Waals surface area contributed by atoms with Crippen molar-refractivity contribution in [2.75, 3.05) is 6.61 Å². The Labute approximate surface area is 80.3 Å². The molecule has 0 aromatic carbocycles. The van der Waals surface area contributed by atoms with Gasteiger partial charge in [0, 0.05) is 0 Å². The molecule has 0 aromatic heterocycles. The van der Waals surface area contributed by atoms with E-state index in [9.17, 15) is 4.79 Å². The minimum absolute atomic E-state index is 0.246. The first-order chi connectivity index (χ1) is 5.95. The number of carbonyl (C=O) groups is 1. The second-order valence-electron chi connectivity index (χ2n) is 4.03. The quantitative estimate of drug-likeness (QED) is 0.381. The van der Waals surface area contributed by atoms with Crippen LogP contribution in [0.25, 0.3) is 0 Å². The highest BCUT2D eigenvalue weighted by molar-refractivity contribution is 5.81. The summed E-state index contributed by atoms with van der Waals surface area (Å²) in [6.07, 6.45) is 4.09. The molecular weight excluding hydrogens is 164 g/mol.